The molecule has 0 aliphatic rings. The molecule has 0 saturated heterocycles. The summed E-state index contributed by atoms with van der Waals surface area (Å²) in [6, 6.07) is 3.21. The maximum Gasteiger partial charge on any atom is 0.331 e. The van der Waals surface area contributed by atoms with Crippen LogP contribution in [0.2, 0.25) is 18.1 Å². The van der Waals surface area contributed by atoms with Crippen molar-refractivity contribution in [2.24, 2.45) is 0 Å². The van der Waals surface area contributed by atoms with E-state index in [1.54, 1.807) is 0 Å². The van der Waals surface area contributed by atoms with Crippen molar-refractivity contribution in [3.05, 3.63) is 12.2 Å². The van der Waals surface area contributed by atoms with Crippen LogP contribution in [-0.2, 0) is 28.3 Å². The van der Waals surface area contributed by atoms with E-state index in [1.165, 1.54) is 0 Å². The number of rotatable bonds is 20. The third kappa shape index (κ3) is 16.1. The quantitative estimate of drug-likeness (QED) is 0.0876. The molecule has 0 bridgehead atoms. The highest BCUT2D eigenvalue weighted by atomic mass is 28.4. The summed E-state index contributed by atoms with van der Waals surface area (Å²) in [4.78, 5) is 35.7. The summed E-state index contributed by atoms with van der Waals surface area (Å²) in [6.45, 7) is 9.13. The second-order valence-corrected chi connectivity index (χ2v) is 12.5. The number of hydrogen-bond acceptors (Lipinski definition) is 6. The first-order valence-corrected chi connectivity index (χ1v) is 15.2. The van der Waals surface area contributed by atoms with E-state index in [1.807, 2.05) is 6.92 Å². The topological polar surface area (TPSA) is 78.9 Å². The van der Waals surface area contributed by atoms with Crippen LogP contribution in [0.25, 0.3) is 0 Å². The van der Waals surface area contributed by atoms with E-state index in [4.69, 9.17) is 13.9 Å². The molecule has 0 aromatic rings. The molecule has 0 spiro atoms. The minimum absolute atomic E-state index is 0.0963. The average Bonchev–Trinajstić information content (AvgIpc) is 2.78. The lowest BCUT2D eigenvalue weighted by Crippen LogP contribution is -2.40. The zero-order chi connectivity index (χ0) is 24.1. The van der Waals surface area contributed by atoms with Crippen molar-refractivity contribution in [1.82, 2.24) is 0 Å². The van der Waals surface area contributed by atoms with E-state index >= 15 is 0 Å². The molecule has 0 unspecified atom stereocenters. The summed E-state index contributed by atoms with van der Waals surface area (Å²) in [5.41, 5.74) is 0. The maximum absolute atomic E-state index is 12.6. The zero-order valence-corrected chi connectivity index (χ0v) is 21.9. The second kappa shape index (κ2) is 20.0. The van der Waals surface area contributed by atoms with Gasteiger partial charge in [0.2, 0.25) is 0 Å². The molecule has 0 aromatic carbocycles. The van der Waals surface area contributed by atoms with Crippen molar-refractivity contribution in [3.63, 3.8) is 0 Å². The zero-order valence-electron chi connectivity index (χ0n) is 20.9. The van der Waals surface area contributed by atoms with Gasteiger partial charge >= 0.3 is 11.9 Å². The first-order chi connectivity index (χ1) is 15.4. The van der Waals surface area contributed by atoms with Gasteiger partial charge in [0.1, 0.15) is 0 Å². The van der Waals surface area contributed by atoms with Crippen molar-refractivity contribution < 1.29 is 28.3 Å². The molecular formula is C25H46O6Si. The highest BCUT2D eigenvalue weighted by Gasteiger charge is 2.36. The second-order valence-electron chi connectivity index (χ2n) is 8.45. The lowest BCUT2D eigenvalue weighted by atomic mass is 10.2. The molecular weight excluding hydrogens is 424 g/mol. The van der Waals surface area contributed by atoms with Crippen LogP contribution in [-0.4, -0.2) is 39.4 Å². The highest BCUT2D eigenvalue weighted by molar-refractivity contribution is 6.75. The van der Waals surface area contributed by atoms with Crippen LogP contribution in [0.5, 0.6) is 0 Å². The third-order valence-corrected chi connectivity index (χ3v) is 9.86. The van der Waals surface area contributed by atoms with Crippen LogP contribution in [0.4, 0.5) is 0 Å². The molecule has 0 amide bonds. The van der Waals surface area contributed by atoms with Crippen molar-refractivity contribution in [2.75, 3.05) is 13.2 Å². The minimum atomic E-state index is -2.03. The molecule has 0 radical (unpaired) electrons. The molecule has 186 valence electrons. The van der Waals surface area contributed by atoms with E-state index in [9.17, 15) is 14.4 Å². The number of carbonyl (C=O) groups excluding carboxylic acids is 3. The summed E-state index contributed by atoms with van der Waals surface area (Å²) in [6.07, 6.45) is 12.2. The Labute approximate surface area is 196 Å². The SMILES string of the molecule is CCCCOC(=O)/C=C\C(=O)OCCCCC(=O)O[Si](CCCC)(CCCC)CCCC. The number of hydrogen-bond donors (Lipinski definition) is 0. The molecule has 32 heavy (non-hydrogen) atoms. The van der Waals surface area contributed by atoms with Crippen molar-refractivity contribution in [3.8, 4) is 0 Å². The predicted octanol–water partition coefficient (Wildman–Crippen LogP) is 6.49. The van der Waals surface area contributed by atoms with Gasteiger partial charge in [0.25, 0.3) is 14.3 Å². The summed E-state index contributed by atoms with van der Waals surface area (Å²) in [5.74, 6) is -1.22. The lowest BCUT2D eigenvalue weighted by Gasteiger charge is -2.31. The normalized spacial score (nSPS) is 11.5. The number of unbranched alkanes of at least 4 members (excludes halogenated alkanes) is 5. The Morgan fingerprint density at radius 3 is 1.50 bits per heavy atom. The fourth-order valence-electron chi connectivity index (χ4n) is 3.41. The summed E-state index contributed by atoms with van der Waals surface area (Å²) >= 11 is 0. The van der Waals surface area contributed by atoms with E-state index in [0.717, 1.165) is 81.7 Å². The van der Waals surface area contributed by atoms with Gasteiger partial charge < -0.3 is 13.9 Å². The van der Waals surface area contributed by atoms with Gasteiger partial charge in [0.05, 0.1) is 13.2 Å². The van der Waals surface area contributed by atoms with Crippen LogP contribution < -0.4 is 0 Å². The average molecular weight is 471 g/mol. The molecule has 0 aliphatic carbocycles. The lowest BCUT2D eigenvalue weighted by molar-refractivity contribution is -0.140. The summed E-state index contributed by atoms with van der Waals surface area (Å²) in [7, 11) is -2.03. The van der Waals surface area contributed by atoms with E-state index < -0.39 is 20.3 Å². The molecule has 0 N–H and O–H groups in total. The van der Waals surface area contributed by atoms with Gasteiger partial charge in [-0.3, -0.25) is 4.79 Å². The van der Waals surface area contributed by atoms with Gasteiger partial charge in [-0.2, -0.15) is 0 Å². The van der Waals surface area contributed by atoms with Crippen LogP contribution in [0.1, 0.15) is 98.3 Å². The molecule has 0 saturated carbocycles. The van der Waals surface area contributed by atoms with Crippen LogP contribution >= 0.6 is 0 Å². The standard InChI is InChI=1S/C25H46O6Si/c1-5-9-18-29-23(26)16-17-24(27)30-19-14-13-15-25(28)31-32(20-10-6-2,21-11-7-3)22-12-8-4/h16-17H,5-15,18-22H2,1-4H3/b17-16-. The molecule has 0 aromatic heterocycles. The molecule has 7 heteroatoms. The Morgan fingerprint density at radius 1 is 0.625 bits per heavy atom. The van der Waals surface area contributed by atoms with Gasteiger partial charge in [-0.25, -0.2) is 9.59 Å². The number of ether oxygens (including phenoxy) is 2. The molecule has 0 heterocycles. The summed E-state index contributed by atoms with van der Waals surface area (Å²) < 4.78 is 16.2. The predicted molar refractivity (Wildman–Crippen MR) is 131 cm³/mol. The molecule has 6 nitrogen and oxygen atoms in total. The van der Waals surface area contributed by atoms with Gasteiger partial charge in [-0.05, 0) is 37.4 Å². The van der Waals surface area contributed by atoms with Crippen LogP contribution in [0.3, 0.4) is 0 Å². The maximum atomic E-state index is 12.6. The smallest absolute Gasteiger partial charge is 0.331 e. The van der Waals surface area contributed by atoms with Gasteiger partial charge in [0, 0.05) is 18.6 Å². The van der Waals surface area contributed by atoms with Crippen molar-refractivity contribution in [2.45, 2.75) is 116 Å². The summed E-state index contributed by atoms with van der Waals surface area (Å²) in [5, 5.41) is 0. The Morgan fingerprint density at radius 2 is 1.06 bits per heavy atom. The van der Waals surface area contributed by atoms with Crippen molar-refractivity contribution >= 4 is 26.2 Å². The van der Waals surface area contributed by atoms with Gasteiger partial charge in [0.15, 0.2) is 0 Å². The Bertz CT molecular complexity index is 525. The monoisotopic (exact) mass is 470 g/mol. The van der Waals surface area contributed by atoms with Gasteiger partial charge in [-0.15, -0.1) is 0 Å². The third-order valence-electron chi connectivity index (χ3n) is 5.41. The molecule has 0 rings (SSSR count). The van der Waals surface area contributed by atoms with E-state index in [2.05, 4.69) is 20.8 Å². The van der Waals surface area contributed by atoms with Crippen LogP contribution in [0, 0.1) is 0 Å². The van der Waals surface area contributed by atoms with Gasteiger partial charge in [-0.1, -0.05) is 72.6 Å². The highest BCUT2D eigenvalue weighted by Crippen LogP contribution is 2.30. The van der Waals surface area contributed by atoms with Crippen LogP contribution in [0.15, 0.2) is 12.2 Å². The molecule has 0 atom stereocenters. The minimum Gasteiger partial charge on any atom is -0.519 e. The fraction of sp³-hybridized carbons (Fsp3) is 0.800. The Hall–Kier alpha value is -1.63. The Balaban J connectivity index is 4.34. The Kier molecular flexibility index (Phi) is 19.0. The number of carbonyl (C=O) groups is 3. The first kappa shape index (κ1) is 30.4. The fourth-order valence-corrected chi connectivity index (χ4v) is 8.05. The van der Waals surface area contributed by atoms with E-state index in [-0.39, 0.29) is 12.6 Å². The molecule has 0 fully saturated rings. The van der Waals surface area contributed by atoms with E-state index in [0.29, 0.717) is 25.9 Å². The number of esters is 2. The first-order valence-electron chi connectivity index (χ1n) is 12.7. The van der Waals surface area contributed by atoms with Crippen molar-refractivity contribution in [1.29, 1.82) is 0 Å². The largest absolute Gasteiger partial charge is 0.519 e. The molecule has 0 aliphatic heterocycles.